The number of pyridine rings is 2. The number of phenolic OH excluding ortho intramolecular Hbond substituents is 1. The Labute approximate surface area is 324 Å². The number of aromatic nitrogens is 4. The van der Waals surface area contributed by atoms with Gasteiger partial charge in [-0.3, -0.25) is 14.7 Å². The zero-order valence-corrected chi connectivity index (χ0v) is 32.6. The average molecular weight is 750 g/mol. The van der Waals surface area contributed by atoms with Gasteiger partial charge in [0.25, 0.3) is 0 Å². The number of phenols is 1. The number of esters is 1. The molecule has 3 aliphatic heterocycles. The van der Waals surface area contributed by atoms with Crippen molar-refractivity contribution in [3.05, 3.63) is 78.2 Å². The number of hydrogen-bond donors (Lipinski definition) is 2. The van der Waals surface area contributed by atoms with Gasteiger partial charge in [-0.05, 0) is 94.3 Å². The first-order chi connectivity index (χ1) is 26.5. The van der Waals surface area contributed by atoms with Crippen LogP contribution in [0.15, 0.2) is 67.0 Å². The fourth-order valence-electron chi connectivity index (χ4n) is 8.06. The SMILES string of the molecule is CC(COCCc1ccc(N2CCN(CC(=O)OC(C)(C)C)CC2)nc1)Cc1cc(N2C3CCC2CN(c2cc(-c4ccccc4O)nnc2N)C3)ccn1. The summed E-state index contributed by atoms with van der Waals surface area (Å²) in [5.41, 5.74) is 11.5. The number of fused-ring (bicyclic) bond motifs is 2. The smallest absolute Gasteiger partial charge is 0.320 e. The number of carbonyl (C=O) groups excluding carboxylic acids is 1. The summed E-state index contributed by atoms with van der Waals surface area (Å²) in [6.45, 7) is 14.5. The van der Waals surface area contributed by atoms with Crippen molar-refractivity contribution in [2.75, 3.05) is 79.5 Å². The normalized spacial score (nSPS) is 19.5. The molecule has 0 radical (unpaired) electrons. The molecular weight excluding hydrogens is 695 g/mol. The van der Waals surface area contributed by atoms with Gasteiger partial charge in [0.2, 0.25) is 0 Å². The van der Waals surface area contributed by atoms with Crippen LogP contribution < -0.4 is 20.4 Å². The van der Waals surface area contributed by atoms with Crippen LogP contribution in [-0.4, -0.2) is 113 Å². The van der Waals surface area contributed by atoms with E-state index in [4.69, 9.17) is 25.2 Å². The molecule has 4 aromatic rings. The molecule has 292 valence electrons. The lowest BCUT2D eigenvalue weighted by Gasteiger charge is -2.43. The summed E-state index contributed by atoms with van der Waals surface area (Å²) < 4.78 is 11.6. The number of para-hydroxylation sites is 1. The minimum Gasteiger partial charge on any atom is -0.507 e. The molecule has 6 heterocycles. The van der Waals surface area contributed by atoms with E-state index < -0.39 is 5.60 Å². The van der Waals surface area contributed by atoms with Crippen LogP contribution in [0.3, 0.4) is 0 Å². The fraction of sp³-hybridized carbons (Fsp3) is 0.500. The molecule has 0 amide bonds. The third kappa shape index (κ3) is 9.63. The zero-order valence-electron chi connectivity index (χ0n) is 32.6. The van der Waals surface area contributed by atoms with Gasteiger partial charge in [0.05, 0.1) is 24.5 Å². The van der Waals surface area contributed by atoms with Crippen LogP contribution in [0.2, 0.25) is 0 Å². The maximum absolute atomic E-state index is 12.2. The van der Waals surface area contributed by atoms with Crippen LogP contribution in [0, 0.1) is 5.92 Å². The first-order valence-corrected chi connectivity index (χ1v) is 19.6. The Kier molecular flexibility index (Phi) is 11.7. The molecule has 2 bridgehead atoms. The van der Waals surface area contributed by atoms with E-state index in [2.05, 4.69) is 61.0 Å². The lowest BCUT2D eigenvalue weighted by Crippen LogP contribution is -2.54. The largest absolute Gasteiger partial charge is 0.507 e. The first-order valence-electron chi connectivity index (χ1n) is 19.6. The van der Waals surface area contributed by atoms with Crippen molar-refractivity contribution < 1.29 is 19.4 Å². The summed E-state index contributed by atoms with van der Waals surface area (Å²) >= 11 is 0. The molecular formula is C42H55N9O4. The van der Waals surface area contributed by atoms with Crippen molar-refractivity contribution in [1.29, 1.82) is 0 Å². The molecule has 1 aromatic carbocycles. The third-order valence-corrected chi connectivity index (χ3v) is 10.7. The van der Waals surface area contributed by atoms with Crippen LogP contribution >= 0.6 is 0 Å². The summed E-state index contributed by atoms with van der Waals surface area (Å²) in [4.78, 5) is 31.0. The quantitative estimate of drug-likeness (QED) is 0.140. The average Bonchev–Trinajstić information content (AvgIpc) is 3.42. The van der Waals surface area contributed by atoms with Crippen molar-refractivity contribution in [3.8, 4) is 17.0 Å². The van der Waals surface area contributed by atoms with E-state index in [9.17, 15) is 9.90 Å². The highest BCUT2D eigenvalue weighted by atomic mass is 16.6. The Bertz CT molecular complexity index is 1900. The van der Waals surface area contributed by atoms with Gasteiger partial charge in [-0.15, -0.1) is 10.2 Å². The lowest BCUT2D eigenvalue weighted by molar-refractivity contribution is -0.156. The Morgan fingerprint density at radius 3 is 2.44 bits per heavy atom. The van der Waals surface area contributed by atoms with E-state index in [0.29, 0.717) is 54.8 Å². The Hall–Kier alpha value is -5.01. The van der Waals surface area contributed by atoms with Crippen LogP contribution in [-0.2, 0) is 27.1 Å². The topological polar surface area (TPSA) is 146 Å². The number of rotatable bonds is 13. The van der Waals surface area contributed by atoms with E-state index >= 15 is 0 Å². The highest BCUT2D eigenvalue weighted by Crippen LogP contribution is 2.39. The Balaban J connectivity index is 0.853. The standard InChI is InChI=1S/C42H55N9O4/c1-29(28-54-20-14-30-9-12-39(45-24-30)49-18-16-48(17-19-49)27-40(53)55-42(2,3)4)21-31-22-32(13-15-44-31)51-33-10-11-34(51)26-50(25-33)37-23-36(46-47-41(37)43)35-7-5-6-8-38(35)52/h5-9,12-13,15,22-24,29,33-34,52H,10-11,14,16-21,25-28H2,1-4H3,(H2,43,47). The number of nitrogen functional groups attached to an aromatic ring is 1. The molecule has 13 nitrogen and oxygen atoms in total. The molecule has 3 unspecified atom stereocenters. The number of piperazine rings is 2. The van der Waals surface area contributed by atoms with Crippen LogP contribution in [0.25, 0.3) is 11.3 Å². The van der Waals surface area contributed by atoms with Gasteiger partial charge in [-0.1, -0.05) is 25.1 Å². The molecule has 55 heavy (non-hydrogen) atoms. The number of carbonyl (C=O) groups is 1. The summed E-state index contributed by atoms with van der Waals surface area (Å²) in [7, 11) is 0. The zero-order chi connectivity index (χ0) is 38.5. The highest BCUT2D eigenvalue weighted by molar-refractivity contribution is 5.74. The van der Waals surface area contributed by atoms with Crippen molar-refractivity contribution in [2.45, 2.75) is 71.1 Å². The summed E-state index contributed by atoms with van der Waals surface area (Å²) in [6, 6.07) is 18.4. The van der Waals surface area contributed by atoms with Gasteiger partial charge in [0, 0.05) is 87.3 Å². The van der Waals surface area contributed by atoms with E-state index in [0.717, 1.165) is 87.7 Å². The number of benzene rings is 1. The van der Waals surface area contributed by atoms with Crippen molar-refractivity contribution in [1.82, 2.24) is 25.1 Å². The highest BCUT2D eigenvalue weighted by Gasteiger charge is 2.41. The second-order valence-electron chi connectivity index (χ2n) is 16.2. The number of anilines is 4. The molecule has 7 rings (SSSR count). The number of nitrogens with zero attached hydrogens (tertiary/aromatic N) is 8. The molecule has 3 atom stereocenters. The summed E-state index contributed by atoms with van der Waals surface area (Å²) in [5, 5.41) is 18.9. The van der Waals surface area contributed by atoms with Gasteiger partial charge < -0.3 is 35.0 Å². The predicted molar refractivity (Wildman–Crippen MR) is 215 cm³/mol. The fourth-order valence-corrected chi connectivity index (χ4v) is 8.06. The van der Waals surface area contributed by atoms with Crippen LogP contribution in [0.5, 0.6) is 5.75 Å². The van der Waals surface area contributed by atoms with Gasteiger partial charge >= 0.3 is 5.97 Å². The maximum atomic E-state index is 12.2. The number of ether oxygens (including phenoxy) is 2. The number of nitrogens with two attached hydrogens (primary N) is 1. The molecule has 0 spiro atoms. The van der Waals surface area contributed by atoms with Crippen LogP contribution in [0.4, 0.5) is 23.0 Å². The third-order valence-electron chi connectivity index (χ3n) is 10.7. The number of hydrogen-bond acceptors (Lipinski definition) is 13. The molecule has 13 heteroatoms. The van der Waals surface area contributed by atoms with E-state index in [1.54, 1.807) is 12.1 Å². The monoisotopic (exact) mass is 749 g/mol. The maximum Gasteiger partial charge on any atom is 0.320 e. The molecule has 3 aromatic heterocycles. The molecule has 3 aliphatic rings. The molecule has 0 saturated carbocycles. The molecule has 3 saturated heterocycles. The minimum atomic E-state index is -0.461. The molecule has 0 aliphatic carbocycles. The second-order valence-corrected chi connectivity index (χ2v) is 16.2. The first kappa shape index (κ1) is 38.3. The summed E-state index contributed by atoms with van der Waals surface area (Å²) in [5.74, 6) is 1.70. The van der Waals surface area contributed by atoms with E-state index in [1.807, 2.05) is 51.4 Å². The summed E-state index contributed by atoms with van der Waals surface area (Å²) in [6.07, 6.45) is 7.77. The predicted octanol–water partition coefficient (Wildman–Crippen LogP) is 4.98. The van der Waals surface area contributed by atoms with Crippen molar-refractivity contribution >= 4 is 29.0 Å². The van der Waals surface area contributed by atoms with E-state index in [-0.39, 0.29) is 11.7 Å². The van der Waals surface area contributed by atoms with Crippen molar-refractivity contribution in [2.24, 2.45) is 5.92 Å². The van der Waals surface area contributed by atoms with Gasteiger partial charge in [-0.25, -0.2) is 4.98 Å². The Morgan fingerprint density at radius 2 is 1.73 bits per heavy atom. The van der Waals surface area contributed by atoms with Gasteiger partial charge in [0.1, 0.15) is 17.2 Å². The minimum absolute atomic E-state index is 0.173. The number of aromatic hydroxyl groups is 1. The van der Waals surface area contributed by atoms with Crippen LogP contribution in [0.1, 0.15) is 51.8 Å². The lowest BCUT2D eigenvalue weighted by atomic mass is 10.0. The Morgan fingerprint density at radius 1 is 0.964 bits per heavy atom. The van der Waals surface area contributed by atoms with Crippen molar-refractivity contribution in [3.63, 3.8) is 0 Å². The second kappa shape index (κ2) is 16.8. The molecule has 3 fully saturated rings. The van der Waals surface area contributed by atoms with E-state index in [1.165, 1.54) is 5.69 Å². The van der Waals surface area contributed by atoms with Gasteiger partial charge in [-0.2, -0.15) is 0 Å². The molecule has 3 N–H and O–H groups in total. The van der Waals surface area contributed by atoms with Gasteiger partial charge in [0.15, 0.2) is 5.82 Å².